The summed E-state index contributed by atoms with van der Waals surface area (Å²) in [4.78, 5) is 0. The third-order valence-electron chi connectivity index (χ3n) is 3.55. The summed E-state index contributed by atoms with van der Waals surface area (Å²) in [6.45, 7) is 0.538. The lowest BCUT2D eigenvalue weighted by atomic mass is 10.1. The Hall–Kier alpha value is -0.670. The molecule has 0 heterocycles. The molecule has 3 heteroatoms. The van der Waals surface area contributed by atoms with Gasteiger partial charge in [0.25, 0.3) is 0 Å². The molecule has 17 heavy (non-hydrogen) atoms. The van der Waals surface area contributed by atoms with Crippen LogP contribution in [-0.4, -0.2) is 9.96 Å². The molecule has 2 nitrogen and oxygen atoms in total. The fraction of sp³-hybridized carbons (Fsp3) is 0.571. The van der Waals surface area contributed by atoms with Crippen LogP contribution >= 0.6 is 0 Å². The molecule has 0 amide bonds. The first-order valence-electron chi connectivity index (χ1n) is 6.41. The first-order valence-corrected chi connectivity index (χ1v) is 7.90. The zero-order chi connectivity index (χ0) is 12.1. The molecule has 0 aromatic heterocycles. The van der Waals surface area contributed by atoms with Crippen molar-refractivity contribution in [1.29, 1.82) is 0 Å². The molecular formula is C14H21NOS. The molecule has 2 rings (SSSR count). The smallest absolute Gasteiger partial charge is 0.0488 e. The van der Waals surface area contributed by atoms with Crippen molar-refractivity contribution in [3.05, 3.63) is 35.4 Å². The van der Waals surface area contributed by atoms with E-state index in [0.717, 1.165) is 16.9 Å². The van der Waals surface area contributed by atoms with Crippen LogP contribution in [-0.2, 0) is 23.1 Å². The summed E-state index contributed by atoms with van der Waals surface area (Å²) in [7, 11) is -0.728. The van der Waals surface area contributed by atoms with Crippen LogP contribution in [0.15, 0.2) is 24.3 Å². The first kappa shape index (κ1) is 12.8. The lowest BCUT2D eigenvalue weighted by Crippen LogP contribution is -2.11. The second-order valence-electron chi connectivity index (χ2n) is 4.87. The Labute approximate surface area is 106 Å². The summed E-state index contributed by atoms with van der Waals surface area (Å²) in [5.74, 6) is 2.24. The third-order valence-corrected chi connectivity index (χ3v) is 5.03. The molecule has 1 aliphatic carbocycles. The van der Waals surface area contributed by atoms with Crippen LogP contribution in [0.1, 0.15) is 36.8 Å². The lowest BCUT2D eigenvalue weighted by Gasteiger charge is -2.10. The largest absolute Gasteiger partial charge is 0.326 e. The van der Waals surface area contributed by atoms with E-state index in [0.29, 0.717) is 18.2 Å². The van der Waals surface area contributed by atoms with Gasteiger partial charge in [-0.25, -0.2) is 0 Å². The summed E-state index contributed by atoms with van der Waals surface area (Å²) in [6, 6.07) is 8.07. The van der Waals surface area contributed by atoms with Gasteiger partial charge in [-0.15, -0.1) is 0 Å². The molecule has 1 fully saturated rings. The van der Waals surface area contributed by atoms with Gasteiger partial charge in [0.2, 0.25) is 0 Å². The van der Waals surface area contributed by atoms with Gasteiger partial charge < -0.3 is 5.73 Å². The molecule has 0 saturated heterocycles. The van der Waals surface area contributed by atoms with Crippen molar-refractivity contribution in [2.75, 3.05) is 5.75 Å². The summed E-state index contributed by atoms with van der Waals surface area (Å²) in [6.07, 6.45) is 5.18. The van der Waals surface area contributed by atoms with Crippen molar-refractivity contribution in [3.8, 4) is 0 Å². The van der Waals surface area contributed by atoms with E-state index in [1.807, 2.05) is 18.2 Å². The molecule has 1 saturated carbocycles. The average Bonchev–Trinajstić information content (AvgIpc) is 2.82. The summed E-state index contributed by atoms with van der Waals surface area (Å²) < 4.78 is 12.1. The number of hydrogen-bond acceptors (Lipinski definition) is 2. The van der Waals surface area contributed by atoms with E-state index in [1.54, 1.807) is 0 Å². The molecular weight excluding hydrogens is 230 g/mol. The van der Waals surface area contributed by atoms with Crippen molar-refractivity contribution in [1.82, 2.24) is 0 Å². The quantitative estimate of drug-likeness (QED) is 0.874. The Bertz CT molecular complexity index is 386. The molecule has 0 radical (unpaired) electrons. The molecule has 1 aromatic rings. The Morgan fingerprint density at radius 2 is 1.82 bits per heavy atom. The normalized spacial score (nSPS) is 18.4. The molecule has 2 N–H and O–H groups in total. The summed E-state index contributed by atoms with van der Waals surface area (Å²) in [5, 5.41) is 0. The van der Waals surface area contributed by atoms with Gasteiger partial charge in [-0.2, -0.15) is 0 Å². The standard InChI is InChI=1S/C14H21NOS/c15-9-13-7-3-4-8-14(13)11-17(16)10-12-5-1-2-6-12/h3-4,7-8,12H,1-2,5-6,9-11,15H2. The van der Waals surface area contributed by atoms with Crippen LogP contribution in [0.2, 0.25) is 0 Å². The van der Waals surface area contributed by atoms with Crippen molar-refractivity contribution in [3.63, 3.8) is 0 Å². The fourth-order valence-corrected chi connectivity index (χ4v) is 4.18. The van der Waals surface area contributed by atoms with E-state index in [4.69, 9.17) is 5.73 Å². The van der Waals surface area contributed by atoms with Gasteiger partial charge in [0.15, 0.2) is 0 Å². The Morgan fingerprint density at radius 1 is 1.18 bits per heavy atom. The lowest BCUT2D eigenvalue weighted by molar-refractivity contribution is 0.604. The topological polar surface area (TPSA) is 43.1 Å². The highest BCUT2D eigenvalue weighted by Gasteiger charge is 2.18. The highest BCUT2D eigenvalue weighted by molar-refractivity contribution is 7.84. The van der Waals surface area contributed by atoms with Crippen molar-refractivity contribution >= 4 is 10.8 Å². The van der Waals surface area contributed by atoms with Crippen molar-refractivity contribution in [2.45, 2.75) is 38.0 Å². The molecule has 1 atom stereocenters. The van der Waals surface area contributed by atoms with Gasteiger partial charge in [0.05, 0.1) is 0 Å². The number of nitrogens with two attached hydrogens (primary N) is 1. The van der Waals surface area contributed by atoms with Gasteiger partial charge >= 0.3 is 0 Å². The maximum absolute atomic E-state index is 12.1. The van der Waals surface area contributed by atoms with Crippen LogP contribution in [0.3, 0.4) is 0 Å². The molecule has 94 valence electrons. The predicted octanol–water partition coefficient (Wildman–Crippen LogP) is 2.58. The molecule has 0 bridgehead atoms. The minimum Gasteiger partial charge on any atom is -0.326 e. The SMILES string of the molecule is NCc1ccccc1CS(=O)CC1CCCC1. The predicted molar refractivity (Wildman–Crippen MR) is 73.0 cm³/mol. The van der Waals surface area contributed by atoms with E-state index >= 15 is 0 Å². The van der Waals surface area contributed by atoms with Gasteiger partial charge in [-0.1, -0.05) is 37.1 Å². The maximum Gasteiger partial charge on any atom is 0.0488 e. The van der Waals surface area contributed by atoms with Crippen LogP contribution in [0.25, 0.3) is 0 Å². The van der Waals surface area contributed by atoms with E-state index in [-0.39, 0.29) is 0 Å². The fourth-order valence-electron chi connectivity index (χ4n) is 2.57. The minimum absolute atomic E-state index is 0.538. The zero-order valence-electron chi connectivity index (χ0n) is 10.2. The highest BCUT2D eigenvalue weighted by atomic mass is 32.2. The van der Waals surface area contributed by atoms with E-state index in [9.17, 15) is 4.21 Å². The van der Waals surface area contributed by atoms with Crippen molar-refractivity contribution < 1.29 is 4.21 Å². The number of hydrogen-bond donors (Lipinski definition) is 1. The number of rotatable bonds is 5. The summed E-state index contributed by atoms with van der Waals surface area (Å²) in [5.41, 5.74) is 7.98. The van der Waals surface area contributed by atoms with Gasteiger partial charge in [0, 0.05) is 28.9 Å². The Morgan fingerprint density at radius 3 is 2.47 bits per heavy atom. The van der Waals surface area contributed by atoms with Crippen LogP contribution in [0.4, 0.5) is 0 Å². The van der Waals surface area contributed by atoms with E-state index in [2.05, 4.69) is 6.07 Å². The average molecular weight is 251 g/mol. The minimum atomic E-state index is -0.728. The van der Waals surface area contributed by atoms with Gasteiger partial charge in [-0.05, 0) is 29.9 Å². The van der Waals surface area contributed by atoms with Crippen LogP contribution < -0.4 is 5.73 Å². The van der Waals surface area contributed by atoms with Gasteiger partial charge in [-0.3, -0.25) is 4.21 Å². The monoisotopic (exact) mass is 251 g/mol. The molecule has 0 aliphatic heterocycles. The van der Waals surface area contributed by atoms with Crippen LogP contribution in [0, 0.1) is 5.92 Å². The van der Waals surface area contributed by atoms with Gasteiger partial charge in [0.1, 0.15) is 0 Å². The molecule has 0 spiro atoms. The molecule has 1 unspecified atom stereocenters. The second kappa shape index (κ2) is 6.31. The van der Waals surface area contributed by atoms with E-state index in [1.165, 1.54) is 25.7 Å². The molecule has 1 aromatic carbocycles. The first-order chi connectivity index (χ1) is 8.29. The molecule has 1 aliphatic rings. The third kappa shape index (κ3) is 3.65. The zero-order valence-corrected chi connectivity index (χ0v) is 11.0. The van der Waals surface area contributed by atoms with Crippen LogP contribution in [0.5, 0.6) is 0 Å². The maximum atomic E-state index is 12.1. The van der Waals surface area contributed by atoms with Crippen molar-refractivity contribution in [2.24, 2.45) is 11.7 Å². The Balaban J connectivity index is 1.92. The highest BCUT2D eigenvalue weighted by Crippen LogP contribution is 2.26. The number of benzene rings is 1. The Kier molecular flexibility index (Phi) is 4.75. The summed E-state index contributed by atoms with van der Waals surface area (Å²) >= 11 is 0. The van der Waals surface area contributed by atoms with E-state index < -0.39 is 10.8 Å². The second-order valence-corrected chi connectivity index (χ2v) is 6.38.